The molecule has 0 saturated carbocycles. The Morgan fingerprint density at radius 3 is 2.38 bits per heavy atom. The van der Waals surface area contributed by atoms with Gasteiger partial charge in [0.1, 0.15) is 0 Å². The normalized spacial score (nSPS) is 10.6. The Kier molecular flexibility index (Phi) is 5.97. The van der Waals surface area contributed by atoms with Crippen molar-refractivity contribution in [1.82, 2.24) is 9.97 Å². The molecule has 0 aliphatic rings. The molecule has 7 nitrogen and oxygen atoms in total. The van der Waals surface area contributed by atoms with Crippen molar-refractivity contribution in [2.75, 3.05) is 12.8 Å². The number of hydrogen-bond donors (Lipinski definition) is 1. The van der Waals surface area contributed by atoms with Gasteiger partial charge in [-0.25, -0.2) is 13.4 Å². The molecule has 0 bridgehead atoms. The van der Waals surface area contributed by atoms with E-state index in [0.717, 1.165) is 0 Å². The number of aryl methyl sites for hydroxylation is 1. The van der Waals surface area contributed by atoms with E-state index in [2.05, 4.69) is 14.7 Å². The third-order valence-corrected chi connectivity index (χ3v) is 3.70. The molecule has 1 aromatic heterocycles. The largest absolute Gasteiger partial charge is 1.00 e. The molecule has 0 radical (unpaired) electrons. The molecule has 9 heteroatoms. The van der Waals surface area contributed by atoms with E-state index in [1.807, 2.05) is 0 Å². The average molecular weight is 316 g/mol. The molecule has 2 N–H and O–H groups in total. The zero-order chi connectivity index (χ0) is 14.8. The van der Waals surface area contributed by atoms with Crippen molar-refractivity contribution in [3.63, 3.8) is 0 Å². The third kappa shape index (κ3) is 4.57. The van der Waals surface area contributed by atoms with Crippen molar-refractivity contribution in [3.8, 4) is 5.88 Å². The van der Waals surface area contributed by atoms with Gasteiger partial charge in [0.05, 0.1) is 12.0 Å². The summed E-state index contributed by atoms with van der Waals surface area (Å²) >= 11 is 0. The molecule has 0 aliphatic heterocycles. The zero-order valence-electron chi connectivity index (χ0n) is 11.9. The first kappa shape index (κ1) is 17.7. The summed E-state index contributed by atoms with van der Waals surface area (Å²) in [5, 5.41) is 0. The molecular formula is C12H13N4NaO3S. The number of ether oxygens (including phenoxy) is 1. The number of nitrogens with two attached hydrogens (primary N) is 1. The Hall–Kier alpha value is -1.35. The monoisotopic (exact) mass is 316 g/mol. The molecular weight excluding hydrogens is 303 g/mol. The second kappa shape index (κ2) is 7.08. The van der Waals surface area contributed by atoms with Crippen LogP contribution in [0.3, 0.4) is 0 Å². The first-order valence-electron chi connectivity index (χ1n) is 5.64. The van der Waals surface area contributed by atoms with Gasteiger partial charge in [-0.2, -0.15) is 0 Å². The Morgan fingerprint density at radius 1 is 1.19 bits per heavy atom. The first-order chi connectivity index (χ1) is 9.40. The predicted molar refractivity (Wildman–Crippen MR) is 74.4 cm³/mol. The van der Waals surface area contributed by atoms with E-state index in [1.165, 1.54) is 37.4 Å². The number of rotatable bonds is 4. The van der Waals surface area contributed by atoms with Crippen LogP contribution in [0.2, 0.25) is 0 Å². The van der Waals surface area contributed by atoms with E-state index in [0.29, 0.717) is 11.5 Å². The van der Waals surface area contributed by atoms with Crippen LogP contribution in [0.4, 0.5) is 11.5 Å². The maximum absolute atomic E-state index is 12.1. The second-order valence-corrected chi connectivity index (χ2v) is 5.56. The quantitative estimate of drug-likeness (QED) is 0.559. The third-order valence-electron chi connectivity index (χ3n) is 2.40. The molecule has 2 rings (SSSR count). The van der Waals surface area contributed by atoms with E-state index >= 15 is 0 Å². The van der Waals surface area contributed by atoms with Gasteiger partial charge >= 0.3 is 29.6 Å². The average Bonchev–Trinajstić information content (AvgIpc) is 2.37. The summed E-state index contributed by atoms with van der Waals surface area (Å²) in [5.41, 5.74) is 5.99. The van der Waals surface area contributed by atoms with Gasteiger partial charge in [0.15, 0.2) is 0 Å². The fourth-order valence-corrected chi connectivity index (χ4v) is 2.42. The number of aromatic nitrogens is 2. The Bertz CT molecular complexity index is 720. The molecule has 1 heterocycles. The molecule has 0 aliphatic carbocycles. The van der Waals surface area contributed by atoms with Crippen LogP contribution in [0.1, 0.15) is 5.82 Å². The molecule has 106 valence electrons. The smallest absolute Gasteiger partial charge is 0.481 e. The predicted octanol–water partition coefficient (Wildman–Crippen LogP) is -1.23. The number of sulfonamides is 1. The molecule has 2 aromatic rings. The van der Waals surface area contributed by atoms with E-state index in [9.17, 15) is 8.42 Å². The molecule has 0 atom stereocenters. The minimum Gasteiger partial charge on any atom is -0.481 e. The van der Waals surface area contributed by atoms with Gasteiger partial charge in [-0.15, -0.1) is 0 Å². The maximum Gasteiger partial charge on any atom is 1.00 e. The Balaban J connectivity index is 0.00000220. The van der Waals surface area contributed by atoms with E-state index in [1.54, 1.807) is 6.92 Å². The van der Waals surface area contributed by atoms with Crippen LogP contribution in [0.25, 0.3) is 4.72 Å². The molecule has 21 heavy (non-hydrogen) atoms. The SMILES string of the molecule is COc1cc([N-]S(=O)(=O)c2ccc(N)cc2)nc(C)n1.[Na+]. The first-order valence-corrected chi connectivity index (χ1v) is 7.08. The summed E-state index contributed by atoms with van der Waals surface area (Å²) in [6, 6.07) is 7.11. The van der Waals surface area contributed by atoms with Gasteiger partial charge in [-0.1, -0.05) is 0 Å². The van der Waals surface area contributed by atoms with Crippen molar-refractivity contribution in [2.45, 2.75) is 11.8 Å². The molecule has 0 fully saturated rings. The van der Waals surface area contributed by atoms with Gasteiger partial charge in [-0.3, -0.25) is 0 Å². The Morgan fingerprint density at radius 2 is 1.81 bits per heavy atom. The van der Waals surface area contributed by atoms with Gasteiger partial charge in [0, 0.05) is 11.5 Å². The number of hydrogen-bond acceptors (Lipinski definition) is 6. The molecule has 0 spiro atoms. The van der Waals surface area contributed by atoms with Crippen LogP contribution in [-0.4, -0.2) is 25.5 Å². The minimum absolute atomic E-state index is 0. The number of nitrogen functional groups attached to an aromatic ring is 1. The van der Waals surface area contributed by atoms with E-state index in [-0.39, 0.29) is 46.2 Å². The fraction of sp³-hybridized carbons (Fsp3) is 0.167. The van der Waals surface area contributed by atoms with Crippen molar-refractivity contribution in [2.24, 2.45) is 0 Å². The van der Waals surface area contributed by atoms with Crippen molar-refractivity contribution < 1.29 is 42.7 Å². The molecule has 0 unspecified atom stereocenters. The topological polar surface area (TPSA) is 109 Å². The standard InChI is InChI=1S/C12H13N4O3S.Na/c1-8-14-11(7-12(15-8)19-2)16-20(17,18)10-5-3-9(13)4-6-10;/h3-7H,13H2,1-2H3;/q-1;+1. The van der Waals surface area contributed by atoms with Crippen LogP contribution < -0.4 is 40.0 Å². The molecule has 1 aromatic carbocycles. The van der Waals surface area contributed by atoms with Gasteiger partial charge in [-0.05, 0) is 43.1 Å². The van der Waals surface area contributed by atoms with Crippen molar-refractivity contribution >= 4 is 21.5 Å². The van der Waals surface area contributed by atoms with E-state index in [4.69, 9.17) is 10.5 Å². The molecule has 0 saturated heterocycles. The number of methoxy groups -OCH3 is 1. The van der Waals surface area contributed by atoms with Crippen LogP contribution in [0.15, 0.2) is 35.2 Å². The maximum atomic E-state index is 12.1. The number of nitrogens with zero attached hydrogens (tertiary/aromatic N) is 3. The van der Waals surface area contributed by atoms with Gasteiger partial charge in [0.25, 0.3) is 0 Å². The zero-order valence-corrected chi connectivity index (χ0v) is 14.8. The summed E-state index contributed by atoms with van der Waals surface area (Å²) in [6.07, 6.45) is 0. The summed E-state index contributed by atoms with van der Waals surface area (Å²) in [6.45, 7) is 1.62. The van der Waals surface area contributed by atoms with Gasteiger partial charge < -0.3 is 20.2 Å². The van der Waals surface area contributed by atoms with Gasteiger partial charge in [0.2, 0.25) is 15.9 Å². The number of benzene rings is 1. The Labute approximate surface area is 145 Å². The minimum atomic E-state index is -3.85. The summed E-state index contributed by atoms with van der Waals surface area (Å²) in [4.78, 5) is 7.95. The summed E-state index contributed by atoms with van der Waals surface area (Å²) < 4.78 is 32.8. The van der Waals surface area contributed by atoms with Crippen LogP contribution >= 0.6 is 0 Å². The number of anilines is 1. The van der Waals surface area contributed by atoms with Crippen LogP contribution in [0.5, 0.6) is 5.88 Å². The second-order valence-electron chi connectivity index (χ2n) is 3.95. The van der Waals surface area contributed by atoms with Crippen LogP contribution in [0, 0.1) is 6.92 Å². The van der Waals surface area contributed by atoms with Crippen molar-refractivity contribution in [1.29, 1.82) is 0 Å². The van der Waals surface area contributed by atoms with E-state index < -0.39 is 10.0 Å². The van der Waals surface area contributed by atoms with Crippen LogP contribution in [-0.2, 0) is 10.0 Å². The summed E-state index contributed by atoms with van der Waals surface area (Å²) in [7, 11) is -2.42. The van der Waals surface area contributed by atoms with Crippen molar-refractivity contribution in [3.05, 3.63) is 40.9 Å². The fourth-order valence-electron chi connectivity index (χ4n) is 1.49. The molecule has 0 amide bonds. The summed E-state index contributed by atoms with van der Waals surface area (Å²) in [5.74, 6) is 0.644.